The summed E-state index contributed by atoms with van der Waals surface area (Å²) in [6.45, 7) is 11.2. The summed E-state index contributed by atoms with van der Waals surface area (Å²) < 4.78 is 11.0. The fourth-order valence-electron chi connectivity index (χ4n) is 3.90. The average Bonchev–Trinajstić information content (AvgIpc) is 2.80. The molecule has 9 heteroatoms. The van der Waals surface area contributed by atoms with Crippen LogP contribution in [0.4, 0.5) is 4.79 Å². The maximum Gasteiger partial charge on any atom is 0.409 e. The van der Waals surface area contributed by atoms with E-state index in [9.17, 15) is 29.7 Å². The molecule has 1 rings (SSSR count). The molecular formula is C28H45NO8. The van der Waals surface area contributed by atoms with Gasteiger partial charge in [-0.15, -0.1) is 0 Å². The first-order chi connectivity index (χ1) is 17.1. The van der Waals surface area contributed by atoms with Crippen molar-refractivity contribution in [1.82, 2.24) is 4.90 Å². The van der Waals surface area contributed by atoms with Crippen molar-refractivity contribution in [2.24, 2.45) is 17.8 Å². The third-order valence-corrected chi connectivity index (χ3v) is 6.74. The molecule has 0 fully saturated rings. The van der Waals surface area contributed by atoms with Gasteiger partial charge < -0.3 is 29.7 Å². The highest BCUT2D eigenvalue weighted by atomic mass is 16.6. The number of carboxylic acids is 1. The third kappa shape index (κ3) is 11.5. The lowest BCUT2D eigenvalue weighted by Crippen LogP contribution is -2.37. The summed E-state index contributed by atoms with van der Waals surface area (Å²) in [7, 11) is 1.68. The zero-order valence-corrected chi connectivity index (χ0v) is 23.2. The molecule has 0 aromatic carbocycles. The molecule has 37 heavy (non-hydrogen) atoms. The van der Waals surface area contributed by atoms with Crippen LogP contribution in [0.15, 0.2) is 36.0 Å². The molecule has 6 atom stereocenters. The van der Waals surface area contributed by atoms with Crippen LogP contribution >= 0.6 is 0 Å². The number of carbonyl (C=O) groups is 3. The largest absolute Gasteiger partial charge is 0.481 e. The minimum Gasteiger partial charge on any atom is -0.481 e. The standard InChI is InChI=1S/C28H45NO8/c1-18(2)29(7)27(34)36-17-19(3)9-8-10-20(4)26-21(5)11-12-22(15-24(31)32)28(6,35)14-13-23(30)16-25(33)37-26/h8-12,18-19,21-23,26,30,35H,13-17H2,1-7H3,(H,31,32)/b9-8+,12-11+,20-10+/t19-,21+,22-,23-,26-,28-/m1/s1. The number of hydrogen-bond acceptors (Lipinski definition) is 7. The number of carboxylic acid groups (broad SMARTS) is 1. The molecule has 0 saturated heterocycles. The van der Waals surface area contributed by atoms with E-state index in [1.54, 1.807) is 26.1 Å². The first-order valence-electron chi connectivity index (χ1n) is 12.9. The fraction of sp³-hybridized carbons (Fsp3) is 0.679. The van der Waals surface area contributed by atoms with Crippen molar-refractivity contribution in [3.63, 3.8) is 0 Å². The molecule has 1 aliphatic heterocycles. The Morgan fingerprint density at radius 2 is 1.95 bits per heavy atom. The fourth-order valence-corrected chi connectivity index (χ4v) is 3.90. The number of cyclic esters (lactones) is 1. The zero-order chi connectivity index (χ0) is 28.3. The van der Waals surface area contributed by atoms with Crippen LogP contribution < -0.4 is 0 Å². The Kier molecular flexibility index (Phi) is 13.1. The van der Waals surface area contributed by atoms with Gasteiger partial charge in [0.1, 0.15) is 6.10 Å². The van der Waals surface area contributed by atoms with E-state index in [2.05, 4.69) is 0 Å². The van der Waals surface area contributed by atoms with E-state index in [-0.39, 0.29) is 56.3 Å². The Morgan fingerprint density at radius 1 is 1.30 bits per heavy atom. The normalized spacial score (nSPS) is 29.7. The monoisotopic (exact) mass is 523 g/mol. The van der Waals surface area contributed by atoms with Crippen LogP contribution in [0.5, 0.6) is 0 Å². The maximum atomic E-state index is 12.5. The summed E-state index contributed by atoms with van der Waals surface area (Å²) in [4.78, 5) is 37.4. The molecule has 1 amide bonds. The average molecular weight is 524 g/mol. The SMILES string of the molecule is C/C(=C\C=C\[C@@H](C)COC(=O)N(C)C(C)C)[C@H]1OC(=O)C[C@H](O)CC[C@@](C)(O)[C@@H](CC(=O)O)/C=C/[C@@H]1C. The number of carbonyl (C=O) groups excluding carboxylic acids is 2. The van der Waals surface area contributed by atoms with Gasteiger partial charge in [0.15, 0.2) is 0 Å². The lowest BCUT2D eigenvalue weighted by molar-refractivity contribution is -0.151. The van der Waals surface area contributed by atoms with Crippen molar-refractivity contribution in [2.45, 2.75) is 91.1 Å². The van der Waals surface area contributed by atoms with Gasteiger partial charge >= 0.3 is 18.0 Å². The molecule has 0 bridgehead atoms. The van der Waals surface area contributed by atoms with Gasteiger partial charge in [-0.3, -0.25) is 9.59 Å². The lowest BCUT2D eigenvalue weighted by Gasteiger charge is -2.32. The molecule has 0 radical (unpaired) electrons. The second kappa shape index (κ2) is 14.9. The molecule has 3 N–H and O–H groups in total. The number of rotatable bonds is 8. The van der Waals surface area contributed by atoms with Crippen LogP contribution in [-0.2, 0) is 19.1 Å². The van der Waals surface area contributed by atoms with E-state index in [4.69, 9.17) is 9.47 Å². The van der Waals surface area contributed by atoms with Gasteiger partial charge in [-0.05, 0) is 46.1 Å². The van der Waals surface area contributed by atoms with E-state index >= 15 is 0 Å². The van der Waals surface area contributed by atoms with Crippen molar-refractivity contribution in [3.8, 4) is 0 Å². The second-order valence-corrected chi connectivity index (χ2v) is 10.7. The summed E-state index contributed by atoms with van der Waals surface area (Å²) in [6.07, 6.45) is 6.71. The predicted molar refractivity (Wildman–Crippen MR) is 141 cm³/mol. The Hall–Kier alpha value is -2.65. The van der Waals surface area contributed by atoms with Crippen molar-refractivity contribution in [3.05, 3.63) is 36.0 Å². The van der Waals surface area contributed by atoms with Gasteiger partial charge in [-0.1, -0.05) is 44.2 Å². The van der Waals surface area contributed by atoms with Gasteiger partial charge in [0.2, 0.25) is 0 Å². The Labute approximate surface area is 220 Å². The molecule has 0 spiro atoms. The quantitative estimate of drug-likeness (QED) is 0.246. The number of amides is 1. The summed E-state index contributed by atoms with van der Waals surface area (Å²) in [5, 5.41) is 30.6. The van der Waals surface area contributed by atoms with Crippen LogP contribution in [0.25, 0.3) is 0 Å². The molecule has 0 aliphatic carbocycles. The van der Waals surface area contributed by atoms with Crippen LogP contribution in [0.3, 0.4) is 0 Å². The van der Waals surface area contributed by atoms with Gasteiger partial charge in [-0.25, -0.2) is 4.79 Å². The number of aliphatic hydroxyl groups excluding tert-OH is 1. The van der Waals surface area contributed by atoms with Crippen LogP contribution in [0.2, 0.25) is 0 Å². The summed E-state index contributed by atoms with van der Waals surface area (Å²) in [5.74, 6) is -2.61. The number of ether oxygens (including phenoxy) is 2. The van der Waals surface area contributed by atoms with E-state index in [1.807, 2.05) is 52.8 Å². The molecule has 9 nitrogen and oxygen atoms in total. The van der Waals surface area contributed by atoms with Crippen LogP contribution in [0, 0.1) is 17.8 Å². The van der Waals surface area contributed by atoms with E-state index in [1.165, 1.54) is 4.90 Å². The second-order valence-electron chi connectivity index (χ2n) is 10.7. The highest BCUT2D eigenvalue weighted by molar-refractivity contribution is 5.70. The maximum absolute atomic E-state index is 12.5. The number of nitrogens with zero attached hydrogens (tertiary/aromatic N) is 1. The molecule has 0 saturated carbocycles. The van der Waals surface area contributed by atoms with Crippen molar-refractivity contribution in [2.75, 3.05) is 13.7 Å². The van der Waals surface area contributed by atoms with Crippen molar-refractivity contribution < 1.29 is 39.2 Å². The number of aliphatic hydroxyl groups is 2. The number of esters is 1. The molecule has 0 aromatic heterocycles. The molecular weight excluding hydrogens is 478 g/mol. The van der Waals surface area contributed by atoms with Gasteiger partial charge in [0.25, 0.3) is 0 Å². The Balaban J connectivity index is 3.05. The molecule has 1 heterocycles. The smallest absolute Gasteiger partial charge is 0.409 e. The number of hydrogen-bond donors (Lipinski definition) is 3. The summed E-state index contributed by atoms with van der Waals surface area (Å²) in [6, 6.07) is 0.0419. The highest BCUT2D eigenvalue weighted by Crippen LogP contribution is 2.30. The van der Waals surface area contributed by atoms with Crippen molar-refractivity contribution >= 4 is 18.0 Å². The predicted octanol–water partition coefficient (Wildman–Crippen LogP) is 4.09. The van der Waals surface area contributed by atoms with Crippen LogP contribution in [-0.4, -0.2) is 75.8 Å². The van der Waals surface area contributed by atoms with Crippen molar-refractivity contribution in [1.29, 1.82) is 0 Å². The molecule has 1 aliphatic rings. The number of allylic oxidation sites excluding steroid dienone is 2. The summed E-state index contributed by atoms with van der Waals surface area (Å²) >= 11 is 0. The number of aliphatic carboxylic acids is 1. The Bertz CT molecular complexity index is 860. The zero-order valence-electron chi connectivity index (χ0n) is 23.2. The van der Waals surface area contributed by atoms with E-state index < -0.39 is 35.7 Å². The first kappa shape index (κ1) is 32.4. The van der Waals surface area contributed by atoms with Gasteiger partial charge in [0, 0.05) is 30.8 Å². The van der Waals surface area contributed by atoms with Crippen LogP contribution in [0.1, 0.15) is 67.2 Å². The third-order valence-electron chi connectivity index (χ3n) is 6.74. The molecule has 210 valence electrons. The lowest BCUT2D eigenvalue weighted by atomic mass is 9.80. The highest BCUT2D eigenvalue weighted by Gasteiger charge is 2.34. The minimum atomic E-state index is -1.36. The van der Waals surface area contributed by atoms with E-state index in [0.717, 1.165) is 5.57 Å². The minimum absolute atomic E-state index is 0.0419. The topological polar surface area (TPSA) is 134 Å². The molecule has 0 unspecified atom stereocenters. The van der Waals surface area contributed by atoms with Gasteiger partial charge in [0.05, 0.1) is 31.2 Å². The van der Waals surface area contributed by atoms with Gasteiger partial charge in [-0.2, -0.15) is 0 Å². The first-order valence-corrected chi connectivity index (χ1v) is 12.9. The van der Waals surface area contributed by atoms with E-state index in [0.29, 0.717) is 0 Å². The molecule has 0 aromatic rings. The Morgan fingerprint density at radius 3 is 2.54 bits per heavy atom. The summed E-state index contributed by atoms with van der Waals surface area (Å²) in [5.41, 5.74) is -0.607.